The largest absolute Gasteiger partial charge is 0.495 e. The van der Waals surface area contributed by atoms with E-state index in [1.807, 2.05) is 51.6 Å². The van der Waals surface area contributed by atoms with Gasteiger partial charge in [0.2, 0.25) is 0 Å². The van der Waals surface area contributed by atoms with Gasteiger partial charge in [0.1, 0.15) is 5.82 Å². The highest BCUT2D eigenvalue weighted by molar-refractivity contribution is 6.62. The molecule has 2 aromatic rings. The molecule has 1 aliphatic rings. The van der Waals surface area contributed by atoms with Crippen molar-refractivity contribution in [1.29, 1.82) is 0 Å². The van der Waals surface area contributed by atoms with Crippen molar-refractivity contribution in [3.05, 3.63) is 30.2 Å². The first-order valence-corrected chi connectivity index (χ1v) is 6.81. The van der Waals surface area contributed by atoms with Crippen LogP contribution in [0, 0.1) is 5.82 Å². The molecule has 0 aliphatic carbocycles. The third kappa shape index (κ3) is 1.88. The zero-order chi connectivity index (χ0) is 14.7. The van der Waals surface area contributed by atoms with Gasteiger partial charge < -0.3 is 13.9 Å². The van der Waals surface area contributed by atoms with Crippen LogP contribution < -0.4 is 5.46 Å². The zero-order valence-electron chi connectivity index (χ0n) is 12.5. The fraction of sp³-hybridized carbons (Fsp3) is 0.467. The van der Waals surface area contributed by atoms with E-state index in [4.69, 9.17) is 9.31 Å². The quantitative estimate of drug-likeness (QED) is 0.747. The van der Waals surface area contributed by atoms with Gasteiger partial charge >= 0.3 is 7.12 Å². The molecule has 3 rings (SSSR count). The van der Waals surface area contributed by atoms with Gasteiger partial charge in [-0.25, -0.2) is 4.39 Å². The van der Waals surface area contributed by atoms with Gasteiger partial charge in [-0.3, -0.25) is 0 Å². The number of aryl methyl sites for hydroxylation is 1. The average molecular weight is 275 g/mol. The van der Waals surface area contributed by atoms with Crippen molar-refractivity contribution in [3.8, 4) is 0 Å². The molecule has 1 fully saturated rings. The third-order valence-electron chi connectivity index (χ3n) is 4.50. The third-order valence-corrected chi connectivity index (χ3v) is 4.50. The Morgan fingerprint density at radius 3 is 2.30 bits per heavy atom. The van der Waals surface area contributed by atoms with E-state index in [1.165, 1.54) is 6.07 Å². The number of hydrogen-bond donors (Lipinski definition) is 0. The number of fused-ring (bicyclic) bond motifs is 1. The molecule has 0 spiro atoms. The Balaban J connectivity index is 2.06. The first kappa shape index (κ1) is 13.6. The second-order valence-corrected chi connectivity index (χ2v) is 6.45. The summed E-state index contributed by atoms with van der Waals surface area (Å²) in [5, 5.41) is 0.618. The standard InChI is InChI=1S/C15H19BFNO2/c1-14(2)15(3,4)20-16(19-14)10-8-12(17)11-6-7-18(5)13(11)9-10/h6-9H,1-5H3. The zero-order valence-corrected chi connectivity index (χ0v) is 12.5. The van der Waals surface area contributed by atoms with Gasteiger partial charge in [-0.15, -0.1) is 0 Å². The van der Waals surface area contributed by atoms with Crippen LogP contribution in [0.3, 0.4) is 0 Å². The monoisotopic (exact) mass is 275 g/mol. The molecular formula is C15H19BFNO2. The first-order chi connectivity index (χ1) is 9.21. The molecule has 0 amide bonds. The van der Waals surface area contributed by atoms with Crippen LogP contribution in [0.5, 0.6) is 0 Å². The maximum absolute atomic E-state index is 14.2. The maximum Gasteiger partial charge on any atom is 0.495 e. The van der Waals surface area contributed by atoms with Crippen molar-refractivity contribution in [2.24, 2.45) is 7.05 Å². The lowest BCUT2D eigenvalue weighted by Crippen LogP contribution is -2.41. The molecule has 20 heavy (non-hydrogen) atoms. The lowest BCUT2D eigenvalue weighted by Gasteiger charge is -2.32. The highest BCUT2D eigenvalue weighted by Gasteiger charge is 2.51. The molecule has 106 valence electrons. The molecule has 0 atom stereocenters. The molecule has 1 saturated heterocycles. The number of hydrogen-bond acceptors (Lipinski definition) is 2. The van der Waals surface area contributed by atoms with Crippen LogP contribution >= 0.6 is 0 Å². The predicted molar refractivity (Wildman–Crippen MR) is 78.6 cm³/mol. The Bertz CT molecular complexity index is 662. The van der Waals surface area contributed by atoms with Crippen LogP contribution in [0.15, 0.2) is 24.4 Å². The van der Waals surface area contributed by atoms with Crippen molar-refractivity contribution < 1.29 is 13.7 Å². The molecule has 2 heterocycles. The molecule has 0 radical (unpaired) electrons. The second-order valence-electron chi connectivity index (χ2n) is 6.45. The van der Waals surface area contributed by atoms with Crippen molar-refractivity contribution in [2.45, 2.75) is 38.9 Å². The van der Waals surface area contributed by atoms with Crippen molar-refractivity contribution in [1.82, 2.24) is 4.57 Å². The van der Waals surface area contributed by atoms with Crippen LogP contribution in [0.4, 0.5) is 4.39 Å². The Kier molecular flexibility index (Phi) is 2.79. The fourth-order valence-corrected chi connectivity index (χ4v) is 2.46. The molecule has 1 aromatic carbocycles. The molecule has 0 saturated carbocycles. The van der Waals surface area contributed by atoms with E-state index in [9.17, 15) is 4.39 Å². The van der Waals surface area contributed by atoms with E-state index in [0.717, 1.165) is 11.0 Å². The van der Waals surface area contributed by atoms with Gasteiger partial charge in [0.05, 0.1) is 16.7 Å². The highest BCUT2D eigenvalue weighted by Crippen LogP contribution is 2.36. The lowest BCUT2D eigenvalue weighted by molar-refractivity contribution is 0.00578. The van der Waals surface area contributed by atoms with Crippen LogP contribution in [0.25, 0.3) is 10.9 Å². The predicted octanol–water partition coefficient (Wildman–Crippen LogP) is 2.62. The highest BCUT2D eigenvalue weighted by atomic mass is 19.1. The van der Waals surface area contributed by atoms with Gasteiger partial charge in [0, 0.05) is 18.6 Å². The SMILES string of the molecule is Cn1ccc2c(F)cc(B3OC(C)(C)C(C)(C)O3)cc21. The van der Waals surface area contributed by atoms with E-state index >= 15 is 0 Å². The summed E-state index contributed by atoms with van der Waals surface area (Å²) >= 11 is 0. The van der Waals surface area contributed by atoms with E-state index in [-0.39, 0.29) is 5.82 Å². The van der Waals surface area contributed by atoms with E-state index < -0.39 is 18.3 Å². The normalized spacial score (nSPS) is 20.8. The number of benzene rings is 1. The minimum absolute atomic E-state index is 0.243. The molecular weight excluding hydrogens is 256 g/mol. The van der Waals surface area contributed by atoms with Gasteiger partial charge in [-0.1, -0.05) is 0 Å². The van der Waals surface area contributed by atoms with Crippen molar-refractivity contribution in [3.63, 3.8) is 0 Å². The summed E-state index contributed by atoms with van der Waals surface area (Å²) in [6, 6.07) is 5.21. The summed E-state index contributed by atoms with van der Waals surface area (Å²) in [6.07, 6.45) is 1.85. The van der Waals surface area contributed by atoms with E-state index in [1.54, 1.807) is 6.07 Å². The van der Waals surface area contributed by atoms with Crippen LogP contribution in [-0.4, -0.2) is 22.9 Å². The van der Waals surface area contributed by atoms with E-state index in [0.29, 0.717) is 5.39 Å². The molecule has 0 bridgehead atoms. The summed E-state index contributed by atoms with van der Waals surface area (Å²) in [5.41, 5.74) is 0.722. The Labute approximate surface area is 118 Å². The van der Waals surface area contributed by atoms with Gasteiger partial charge in [0.15, 0.2) is 0 Å². The molecule has 1 aromatic heterocycles. The lowest BCUT2D eigenvalue weighted by atomic mass is 9.78. The Hall–Kier alpha value is -1.33. The Morgan fingerprint density at radius 2 is 1.70 bits per heavy atom. The second kappa shape index (κ2) is 4.09. The van der Waals surface area contributed by atoms with Gasteiger partial charge in [0.25, 0.3) is 0 Å². The molecule has 1 aliphatic heterocycles. The number of nitrogens with zero attached hydrogens (tertiary/aromatic N) is 1. The summed E-state index contributed by atoms with van der Waals surface area (Å²) in [7, 11) is 1.37. The number of aromatic nitrogens is 1. The van der Waals surface area contributed by atoms with Gasteiger partial charge in [-0.05, 0) is 51.4 Å². The van der Waals surface area contributed by atoms with Crippen LogP contribution in [-0.2, 0) is 16.4 Å². The van der Waals surface area contributed by atoms with Crippen molar-refractivity contribution >= 4 is 23.5 Å². The summed E-state index contributed by atoms with van der Waals surface area (Å²) in [6.45, 7) is 7.96. The minimum Gasteiger partial charge on any atom is -0.399 e. The minimum atomic E-state index is -0.534. The number of rotatable bonds is 1. The first-order valence-electron chi connectivity index (χ1n) is 6.81. The molecule has 0 unspecified atom stereocenters. The topological polar surface area (TPSA) is 23.4 Å². The average Bonchev–Trinajstić information content (AvgIpc) is 2.79. The molecule has 0 N–H and O–H groups in total. The van der Waals surface area contributed by atoms with Gasteiger partial charge in [-0.2, -0.15) is 0 Å². The summed E-state index contributed by atoms with van der Waals surface area (Å²) in [4.78, 5) is 0. The molecule has 5 heteroatoms. The molecule has 3 nitrogen and oxygen atoms in total. The number of halogens is 1. The van der Waals surface area contributed by atoms with Crippen LogP contribution in [0.1, 0.15) is 27.7 Å². The van der Waals surface area contributed by atoms with Crippen LogP contribution in [0.2, 0.25) is 0 Å². The fourth-order valence-electron chi connectivity index (χ4n) is 2.46. The maximum atomic E-state index is 14.2. The summed E-state index contributed by atoms with van der Waals surface area (Å²) < 4.78 is 28.0. The van der Waals surface area contributed by atoms with E-state index in [2.05, 4.69) is 0 Å². The summed E-state index contributed by atoms with van der Waals surface area (Å²) in [5.74, 6) is -0.243. The smallest absolute Gasteiger partial charge is 0.399 e. The van der Waals surface area contributed by atoms with Crippen molar-refractivity contribution in [2.75, 3.05) is 0 Å². The Morgan fingerprint density at radius 1 is 1.10 bits per heavy atom.